The van der Waals surface area contributed by atoms with Gasteiger partial charge in [-0.2, -0.15) is 0 Å². The second-order valence-electron chi connectivity index (χ2n) is 5.29. The fraction of sp³-hybridized carbons (Fsp3) is 0.615. The number of anilines is 1. The van der Waals surface area contributed by atoms with Crippen LogP contribution < -0.4 is 11.1 Å². The first kappa shape index (κ1) is 13.0. The molecule has 0 aromatic carbocycles. The minimum absolute atomic E-state index is 0.0315. The molecule has 0 spiro atoms. The van der Waals surface area contributed by atoms with Gasteiger partial charge in [0, 0.05) is 31.9 Å². The van der Waals surface area contributed by atoms with Gasteiger partial charge < -0.3 is 20.5 Å². The maximum absolute atomic E-state index is 12.1. The molecule has 2 unspecified atom stereocenters. The van der Waals surface area contributed by atoms with Crippen molar-refractivity contribution in [1.29, 1.82) is 0 Å². The first-order valence-corrected chi connectivity index (χ1v) is 6.40. The average Bonchev–Trinajstić information content (AvgIpc) is 2.63. The number of aryl methyl sites for hydroxylation is 1. The van der Waals surface area contributed by atoms with Crippen LogP contribution in [0.2, 0.25) is 0 Å². The first-order valence-electron chi connectivity index (χ1n) is 6.40. The summed E-state index contributed by atoms with van der Waals surface area (Å²) in [5, 5.41) is 3.10. The largest absolute Gasteiger partial charge is 0.397 e. The van der Waals surface area contributed by atoms with Crippen LogP contribution >= 0.6 is 0 Å². The molecule has 5 nitrogen and oxygen atoms in total. The van der Waals surface area contributed by atoms with E-state index in [0.717, 1.165) is 19.4 Å². The number of hydrogen-bond acceptors (Lipinski definition) is 3. The Morgan fingerprint density at radius 1 is 1.50 bits per heavy atom. The lowest BCUT2D eigenvalue weighted by Gasteiger charge is -2.35. The lowest BCUT2D eigenvalue weighted by Crippen LogP contribution is -2.47. The van der Waals surface area contributed by atoms with E-state index in [9.17, 15) is 4.79 Å². The molecular formula is C13H22N4O. The molecule has 18 heavy (non-hydrogen) atoms. The summed E-state index contributed by atoms with van der Waals surface area (Å²) in [5.41, 5.74) is 6.93. The van der Waals surface area contributed by atoms with Crippen molar-refractivity contribution in [2.24, 2.45) is 7.05 Å². The summed E-state index contributed by atoms with van der Waals surface area (Å²) >= 11 is 0. The quantitative estimate of drug-likeness (QED) is 0.817. The van der Waals surface area contributed by atoms with E-state index < -0.39 is 0 Å². The van der Waals surface area contributed by atoms with E-state index in [-0.39, 0.29) is 11.9 Å². The predicted molar refractivity (Wildman–Crippen MR) is 72.4 cm³/mol. The topological polar surface area (TPSA) is 63.3 Å². The summed E-state index contributed by atoms with van der Waals surface area (Å²) in [5.74, 6) is -0.0315. The van der Waals surface area contributed by atoms with E-state index >= 15 is 0 Å². The van der Waals surface area contributed by atoms with Gasteiger partial charge in [0.05, 0.1) is 5.69 Å². The summed E-state index contributed by atoms with van der Waals surface area (Å²) in [4.78, 5) is 14.5. The summed E-state index contributed by atoms with van der Waals surface area (Å²) in [7, 11) is 3.96. The van der Waals surface area contributed by atoms with Crippen LogP contribution in [-0.2, 0) is 7.05 Å². The zero-order chi connectivity index (χ0) is 13.3. The normalized spacial score (nSPS) is 25.1. The summed E-state index contributed by atoms with van der Waals surface area (Å²) in [6.45, 7) is 3.22. The van der Waals surface area contributed by atoms with Gasteiger partial charge in [0.2, 0.25) is 0 Å². The van der Waals surface area contributed by atoms with Crippen LogP contribution in [0.5, 0.6) is 0 Å². The zero-order valence-corrected chi connectivity index (χ0v) is 11.3. The van der Waals surface area contributed by atoms with Crippen molar-refractivity contribution in [3.05, 3.63) is 18.0 Å². The second kappa shape index (κ2) is 5.02. The predicted octanol–water partition coefficient (Wildman–Crippen LogP) is 0.820. The number of carbonyl (C=O) groups is 1. The number of nitrogens with two attached hydrogens (primary N) is 1. The Labute approximate surface area is 108 Å². The molecule has 0 aliphatic carbocycles. The van der Waals surface area contributed by atoms with Gasteiger partial charge in [-0.05, 0) is 32.9 Å². The summed E-state index contributed by atoms with van der Waals surface area (Å²) < 4.78 is 1.77. The van der Waals surface area contributed by atoms with Crippen LogP contribution in [0.25, 0.3) is 0 Å². The standard InChI is InChI=1S/C13H22N4O/c1-9-6-11(4-5-16(9)2)15-13(18)12-7-10(14)8-17(12)3/h7-9,11H,4-6,14H2,1-3H3,(H,15,18). The van der Waals surface area contributed by atoms with Gasteiger partial charge in [-0.3, -0.25) is 4.79 Å². The maximum atomic E-state index is 12.1. The molecule has 1 aromatic rings. The number of hydrogen-bond donors (Lipinski definition) is 2. The molecule has 5 heteroatoms. The number of nitrogen functional groups attached to an aromatic ring is 1. The van der Waals surface area contributed by atoms with Crippen LogP contribution in [0.3, 0.4) is 0 Å². The van der Waals surface area contributed by atoms with Crippen LogP contribution in [0, 0.1) is 0 Å². The zero-order valence-electron chi connectivity index (χ0n) is 11.3. The highest BCUT2D eigenvalue weighted by molar-refractivity contribution is 5.94. The highest BCUT2D eigenvalue weighted by atomic mass is 16.2. The smallest absolute Gasteiger partial charge is 0.268 e. The summed E-state index contributed by atoms with van der Waals surface area (Å²) in [6, 6.07) is 2.50. The van der Waals surface area contributed by atoms with Gasteiger partial charge in [-0.1, -0.05) is 0 Å². The van der Waals surface area contributed by atoms with E-state index in [1.54, 1.807) is 16.8 Å². The van der Waals surface area contributed by atoms with Crippen molar-refractivity contribution in [1.82, 2.24) is 14.8 Å². The van der Waals surface area contributed by atoms with Crippen LogP contribution in [-0.4, -0.2) is 41.1 Å². The molecule has 1 aliphatic heterocycles. The second-order valence-corrected chi connectivity index (χ2v) is 5.29. The van der Waals surface area contributed by atoms with E-state index in [4.69, 9.17) is 5.73 Å². The molecule has 2 rings (SSSR count). The number of carbonyl (C=O) groups excluding carboxylic acids is 1. The van der Waals surface area contributed by atoms with Crippen molar-refractivity contribution >= 4 is 11.6 Å². The molecule has 2 atom stereocenters. The number of aromatic nitrogens is 1. The number of piperidine rings is 1. The monoisotopic (exact) mass is 250 g/mol. The number of likely N-dealkylation sites (tertiary alicyclic amines) is 1. The lowest BCUT2D eigenvalue weighted by molar-refractivity contribution is 0.0888. The third-order valence-electron chi connectivity index (χ3n) is 3.80. The van der Waals surface area contributed by atoms with Crippen molar-refractivity contribution in [2.75, 3.05) is 19.3 Å². The van der Waals surface area contributed by atoms with Gasteiger partial charge in [0.25, 0.3) is 5.91 Å². The molecule has 1 aromatic heterocycles. The van der Waals surface area contributed by atoms with Crippen LogP contribution in [0.1, 0.15) is 30.3 Å². The fourth-order valence-electron chi connectivity index (χ4n) is 2.50. The Balaban J connectivity index is 1.98. The molecule has 100 valence electrons. The molecule has 1 fully saturated rings. The van der Waals surface area contributed by atoms with Crippen molar-refractivity contribution in [3.8, 4) is 0 Å². The Morgan fingerprint density at radius 3 is 2.78 bits per heavy atom. The summed E-state index contributed by atoms with van der Waals surface area (Å²) in [6.07, 6.45) is 3.76. The van der Waals surface area contributed by atoms with E-state index in [1.807, 2.05) is 7.05 Å². The third kappa shape index (κ3) is 2.67. The molecule has 1 amide bonds. The molecule has 0 saturated carbocycles. The van der Waals surface area contributed by atoms with Gasteiger partial charge >= 0.3 is 0 Å². The molecule has 2 heterocycles. The number of nitrogens with zero attached hydrogens (tertiary/aromatic N) is 2. The van der Waals surface area contributed by atoms with E-state index in [1.165, 1.54) is 0 Å². The van der Waals surface area contributed by atoms with Gasteiger partial charge in [-0.15, -0.1) is 0 Å². The van der Waals surface area contributed by atoms with E-state index in [0.29, 0.717) is 17.4 Å². The third-order valence-corrected chi connectivity index (χ3v) is 3.80. The molecule has 3 N–H and O–H groups in total. The fourth-order valence-corrected chi connectivity index (χ4v) is 2.50. The van der Waals surface area contributed by atoms with Gasteiger partial charge in [0.15, 0.2) is 0 Å². The lowest BCUT2D eigenvalue weighted by atomic mass is 9.99. The first-order chi connectivity index (χ1) is 8.47. The molecule has 0 bridgehead atoms. The van der Waals surface area contributed by atoms with Crippen molar-refractivity contribution in [3.63, 3.8) is 0 Å². The maximum Gasteiger partial charge on any atom is 0.268 e. The molecule has 1 saturated heterocycles. The minimum Gasteiger partial charge on any atom is -0.397 e. The number of rotatable bonds is 2. The molecule has 1 aliphatic rings. The van der Waals surface area contributed by atoms with Gasteiger partial charge in [-0.25, -0.2) is 0 Å². The highest BCUT2D eigenvalue weighted by Crippen LogP contribution is 2.16. The average molecular weight is 250 g/mol. The van der Waals surface area contributed by atoms with Crippen LogP contribution in [0.15, 0.2) is 12.3 Å². The molecule has 0 radical (unpaired) electrons. The van der Waals surface area contributed by atoms with E-state index in [2.05, 4.69) is 24.2 Å². The van der Waals surface area contributed by atoms with Gasteiger partial charge in [0.1, 0.15) is 5.69 Å². The van der Waals surface area contributed by atoms with Crippen LogP contribution in [0.4, 0.5) is 5.69 Å². The van der Waals surface area contributed by atoms with Crippen molar-refractivity contribution in [2.45, 2.75) is 31.8 Å². The highest BCUT2D eigenvalue weighted by Gasteiger charge is 2.24. The number of amides is 1. The Hall–Kier alpha value is -1.49. The number of nitrogens with one attached hydrogen (secondary N) is 1. The Kier molecular flexibility index (Phi) is 3.61. The minimum atomic E-state index is -0.0315. The van der Waals surface area contributed by atoms with Crippen molar-refractivity contribution < 1.29 is 4.79 Å². The molecular weight excluding hydrogens is 228 g/mol. The Morgan fingerprint density at radius 2 is 2.22 bits per heavy atom. The Bertz CT molecular complexity index is 440. The SMILES string of the molecule is CC1CC(NC(=O)c2cc(N)cn2C)CCN1C.